The van der Waals surface area contributed by atoms with Crippen molar-refractivity contribution in [2.45, 2.75) is 12.8 Å². The van der Waals surface area contributed by atoms with Gasteiger partial charge in [0.15, 0.2) is 0 Å². The second-order valence-electron chi connectivity index (χ2n) is 3.43. The quantitative estimate of drug-likeness (QED) is 0.539. The molecule has 5 heteroatoms. The molecule has 2 N–H and O–H groups in total. The highest BCUT2D eigenvalue weighted by Gasteiger charge is 2.58. The maximum atomic E-state index is 11.4. The molecule has 2 amide bonds. The number of carbonyl (C=O) groups is 2. The lowest BCUT2D eigenvalue weighted by atomic mass is 10.0. The molecule has 1 aliphatic carbocycles. The third-order valence-electron chi connectivity index (χ3n) is 2.43. The minimum Gasteiger partial charge on any atom is -0.313 e. The first-order chi connectivity index (χ1) is 6.19. The van der Waals surface area contributed by atoms with Crippen LogP contribution in [0.5, 0.6) is 0 Å². The van der Waals surface area contributed by atoms with E-state index in [1.165, 1.54) is 0 Å². The molecule has 5 nitrogen and oxygen atoms in total. The SMILES string of the molecule is CNCC1=NC(=O)C2(CC2)C(=O)N1. The van der Waals surface area contributed by atoms with Crippen LogP contribution in [0.25, 0.3) is 0 Å². The van der Waals surface area contributed by atoms with Crippen molar-refractivity contribution < 1.29 is 9.59 Å². The summed E-state index contributed by atoms with van der Waals surface area (Å²) in [4.78, 5) is 26.7. The Bertz CT molecular complexity index is 305. The molecule has 0 radical (unpaired) electrons. The van der Waals surface area contributed by atoms with Crippen LogP contribution in [-0.4, -0.2) is 31.2 Å². The molecule has 1 fully saturated rings. The third kappa shape index (κ3) is 1.16. The van der Waals surface area contributed by atoms with Crippen LogP contribution in [0.15, 0.2) is 4.99 Å². The third-order valence-corrected chi connectivity index (χ3v) is 2.43. The van der Waals surface area contributed by atoms with Crippen LogP contribution in [-0.2, 0) is 9.59 Å². The summed E-state index contributed by atoms with van der Waals surface area (Å²) in [6.45, 7) is 0.424. The molecule has 2 rings (SSSR count). The summed E-state index contributed by atoms with van der Waals surface area (Å²) in [7, 11) is 1.74. The summed E-state index contributed by atoms with van der Waals surface area (Å²) in [5, 5.41) is 5.46. The highest BCUT2D eigenvalue weighted by Crippen LogP contribution is 2.48. The van der Waals surface area contributed by atoms with Crippen molar-refractivity contribution in [3.63, 3.8) is 0 Å². The van der Waals surface area contributed by atoms with Crippen molar-refractivity contribution in [2.75, 3.05) is 13.6 Å². The van der Waals surface area contributed by atoms with Crippen LogP contribution in [0.3, 0.4) is 0 Å². The fourth-order valence-corrected chi connectivity index (χ4v) is 1.42. The van der Waals surface area contributed by atoms with E-state index >= 15 is 0 Å². The zero-order valence-electron chi connectivity index (χ0n) is 7.39. The van der Waals surface area contributed by atoms with Crippen molar-refractivity contribution in [2.24, 2.45) is 10.4 Å². The fourth-order valence-electron chi connectivity index (χ4n) is 1.42. The van der Waals surface area contributed by atoms with Gasteiger partial charge < -0.3 is 10.6 Å². The molecule has 0 aromatic heterocycles. The maximum Gasteiger partial charge on any atom is 0.263 e. The van der Waals surface area contributed by atoms with E-state index in [2.05, 4.69) is 15.6 Å². The molecule has 1 aliphatic heterocycles. The van der Waals surface area contributed by atoms with Gasteiger partial charge in [0.1, 0.15) is 11.3 Å². The van der Waals surface area contributed by atoms with Gasteiger partial charge in [0.25, 0.3) is 5.91 Å². The molecule has 0 unspecified atom stereocenters. The Balaban J connectivity index is 2.20. The largest absolute Gasteiger partial charge is 0.313 e. The van der Waals surface area contributed by atoms with Gasteiger partial charge in [0, 0.05) is 0 Å². The van der Waals surface area contributed by atoms with Gasteiger partial charge in [-0.25, -0.2) is 0 Å². The summed E-state index contributed by atoms with van der Waals surface area (Å²) < 4.78 is 0. The van der Waals surface area contributed by atoms with E-state index in [1.54, 1.807) is 7.05 Å². The molecule has 0 atom stereocenters. The molecule has 13 heavy (non-hydrogen) atoms. The molecular formula is C8H11N3O2. The van der Waals surface area contributed by atoms with Crippen LogP contribution in [0, 0.1) is 5.41 Å². The Morgan fingerprint density at radius 2 is 2.23 bits per heavy atom. The zero-order chi connectivity index (χ0) is 9.47. The topological polar surface area (TPSA) is 70.6 Å². The van der Waals surface area contributed by atoms with Gasteiger partial charge in [-0.1, -0.05) is 0 Å². The highest BCUT2D eigenvalue weighted by molar-refractivity contribution is 6.20. The Labute approximate surface area is 75.6 Å². The minimum absolute atomic E-state index is 0.183. The van der Waals surface area contributed by atoms with Gasteiger partial charge in [-0.2, -0.15) is 4.99 Å². The standard InChI is InChI=1S/C8H11N3O2/c1-9-4-5-10-6(12)8(2-3-8)7(13)11-5/h9H,2-4H2,1H3,(H,10,11,12,13). The number of likely N-dealkylation sites (N-methyl/N-ethyl adjacent to an activating group) is 1. The van der Waals surface area contributed by atoms with Gasteiger partial charge in [-0.05, 0) is 19.9 Å². The Morgan fingerprint density at radius 3 is 2.69 bits per heavy atom. The lowest BCUT2D eigenvalue weighted by Gasteiger charge is -2.18. The number of nitrogens with zero attached hydrogens (tertiary/aromatic N) is 1. The molecule has 0 saturated heterocycles. The zero-order valence-corrected chi connectivity index (χ0v) is 7.39. The first kappa shape index (κ1) is 8.37. The number of amidine groups is 1. The Kier molecular flexibility index (Phi) is 1.69. The number of aliphatic imine (C=N–C) groups is 1. The molecule has 0 aromatic rings. The van der Waals surface area contributed by atoms with Crippen LogP contribution in [0.2, 0.25) is 0 Å². The van der Waals surface area contributed by atoms with E-state index in [1.807, 2.05) is 0 Å². The number of nitrogens with one attached hydrogen (secondary N) is 2. The van der Waals surface area contributed by atoms with Gasteiger partial charge >= 0.3 is 0 Å². The smallest absolute Gasteiger partial charge is 0.263 e. The molecule has 0 bridgehead atoms. The molecule has 1 heterocycles. The first-order valence-corrected chi connectivity index (χ1v) is 4.27. The summed E-state index contributed by atoms with van der Waals surface area (Å²) in [6.07, 6.45) is 1.29. The predicted molar refractivity (Wildman–Crippen MR) is 46.2 cm³/mol. The molecule has 1 saturated carbocycles. The highest BCUT2D eigenvalue weighted by atomic mass is 16.2. The number of rotatable bonds is 2. The predicted octanol–water partition coefficient (Wildman–Crippen LogP) is -0.959. The van der Waals surface area contributed by atoms with Crippen molar-refractivity contribution in [1.82, 2.24) is 10.6 Å². The molecule has 70 valence electrons. The van der Waals surface area contributed by atoms with Crippen LogP contribution >= 0.6 is 0 Å². The second-order valence-corrected chi connectivity index (χ2v) is 3.43. The van der Waals surface area contributed by atoms with Gasteiger partial charge in [-0.3, -0.25) is 9.59 Å². The van der Waals surface area contributed by atoms with E-state index in [4.69, 9.17) is 0 Å². The maximum absolute atomic E-state index is 11.4. The van der Waals surface area contributed by atoms with Crippen molar-refractivity contribution in [3.05, 3.63) is 0 Å². The van der Waals surface area contributed by atoms with Crippen molar-refractivity contribution in [3.8, 4) is 0 Å². The molecule has 2 aliphatic rings. The Hall–Kier alpha value is -1.23. The average molecular weight is 181 g/mol. The first-order valence-electron chi connectivity index (χ1n) is 4.27. The average Bonchev–Trinajstić information content (AvgIpc) is 2.82. The summed E-state index contributed by atoms with van der Waals surface area (Å²) in [6, 6.07) is 0. The Morgan fingerprint density at radius 1 is 1.54 bits per heavy atom. The number of carbonyl (C=O) groups excluding carboxylic acids is 2. The number of amides is 2. The van der Waals surface area contributed by atoms with Crippen LogP contribution < -0.4 is 10.6 Å². The van der Waals surface area contributed by atoms with Crippen LogP contribution in [0.4, 0.5) is 0 Å². The number of hydrogen-bond donors (Lipinski definition) is 2. The minimum atomic E-state index is -0.781. The normalized spacial score (nSPS) is 24.2. The second kappa shape index (κ2) is 2.63. The molecular weight excluding hydrogens is 170 g/mol. The lowest BCUT2D eigenvalue weighted by molar-refractivity contribution is -0.135. The van der Waals surface area contributed by atoms with E-state index < -0.39 is 5.41 Å². The van der Waals surface area contributed by atoms with Crippen molar-refractivity contribution in [1.29, 1.82) is 0 Å². The van der Waals surface area contributed by atoms with E-state index in [0.717, 1.165) is 0 Å². The van der Waals surface area contributed by atoms with E-state index in [-0.39, 0.29) is 11.8 Å². The summed E-state index contributed by atoms with van der Waals surface area (Å²) in [5.74, 6) is -0.0331. The van der Waals surface area contributed by atoms with Gasteiger partial charge in [-0.15, -0.1) is 0 Å². The van der Waals surface area contributed by atoms with Crippen LogP contribution in [0.1, 0.15) is 12.8 Å². The van der Waals surface area contributed by atoms with E-state index in [9.17, 15) is 9.59 Å². The van der Waals surface area contributed by atoms with Crippen molar-refractivity contribution >= 4 is 17.6 Å². The summed E-state index contributed by atoms with van der Waals surface area (Å²) >= 11 is 0. The lowest BCUT2D eigenvalue weighted by Crippen LogP contribution is -2.48. The van der Waals surface area contributed by atoms with Gasteiger partial charge in [0.05, 0.1) is 6.54 Å². The number of hydrogen-bond acceptors (Lipinski definition) is 3. The van der Waals surface area contributed by atoms with Gasteiger partial charge in [0.2, 0.25) is 5.91 Å². The monoisotopic (exact) mass is 181 g/mol. The van der Waals surface area contributed by atoms with E-state index in [0.29, 0.717) is 25.2 Å². The fraction of sp³-hybridized carbons (Fsp3) is 0.625. The summed E-state index contributed by atoms with van der Waals surface area (Å²) in [5.41, 5.74) is -0.781. The molecule has 1 spiro atoms. The molecule has 0 aromatic carbocycles.